The van der Waals surface area contributed by atoms with Crippen LogP contribution in [0.2, 0.25) is 0 Å². The monoisotopic (exact) mass is 229 g/mol. The van der Waals surface area contributed by atoms with Crippen molar-refractivity contribution in [1.82, 2.24) is 15.0 Å². The first kappa shape index (κ1) is 9.54. The van der Waals surface area contributed by atoms with Gasteiger partial charge in [-0.1, -0.05) is 0 Å². The molecule has 0 radical (unpaired) electrons. The third-order valence-corrected chi connectivity index (χ3v) is 3.71. The molecule has 80 valence electrons. The number of hydrogen-bond donors (Lipinski definition) is 1. The molecule has 0 aromatic carbocycles. The van der Waals surface area contributed by atoms with Gasteiger partial charge in [0.1, 0.15) is 5.82 Å². The number of H-pyrrole nitrogens is 1. The van der Waals surface area contributed by atoms with Crippen LogP contribution in [0.1, 0.15) is 10.4 Å². The molecule has 0 saturated heterocycles. The molecule has 0 aliphatic rings. The molecule has 0 aliphatic heterocycles. The Bertz CT molecular complexity index is 599. The summed E-state index contributed by atoms with van der Waals surface area (Å²) in [6.45, 7) is 4.24. The van der Waals surface area contributed by atoms with E-state index < -0.39 is 0 Å². The van der Waals surface area contributed by atoms with E-state index in [1.807, 2.05) is 12.3 Å². The summed E-state index contributed by atoms with van der Waals surface area (Å²) >= 11 is 1.76. The summed E-state index contributed by atoms with van der Waals surface area (Å²) in [6.07, 6.45) is 3.57. The Morgan fingerprint density at radius 2 is 2.19 bits per heavy atom. The number of aryl methyl sites for hydroxylation is 2. The average molecular weight is 229 g/mol. The third-order valence-electron chi connectivity index (χ3n) is 2.68. The van der Waals surface area contributed by atoms with Gasteiger partial charge in [0, 0.05) is 16.6 Å². The predicted octanol–water partition coefficient (Wildman–Crippen LogP) is 3.30. The number of hydrogen-bond acceptors (Lipinski definition) is 3. The summed E-state index contributed by atoms with van der Waals surface area (Å²) in [5.41, 5.74) is 4.45. The van der Waals surface area contributed by atoms with Gasteiger partial charge in [0.15, 0.2) is 0 Å². The fourth-order valence-corrected chi connectivity index (χ4v) is 2.75. The van der Waals surface area contributed by atoms with Crippen molar-refractivity contribution < 1.29 is 0 Å². The molecular formula is C12H11N3S. The van der Waals surface area contributed by atoms with Crippen LogP contribution in [0.3, 0.4) is 0 Å². The summed E-state index contributed by atoms with van der Waals surface area (Å²) in [6, 6.07) is 1.92. The highest BCUT2D eigenvalue weighted by molar-refractivity contribution is 7.10. The number of thiophene rings is 1. The number of rotatable bonds is 1. The van der Waals surface area contributed by atoms with Crippen LogP contribution in [0.4, 0.5) is 0 Å². The fraction of sp³-hybridized carbons (Fsp3) is 0.167. The van der Waals surface area contributed by atoms with Crippen molar-refractivity contribution in [2.24, 2.45) is 0 Å². The van der Waals surface area contributed by atoms with Crippen molar-refractivity contribution in [3.05, 3.63) is 34.3 Å². The van der Waals surface area contributed by atoms with E-state index in [0.29, 0.717) is 0 Å². The van der Waals surface area contributed by atoms with Gasteiger partial charge in [-0.2, -0.15) is 0 Å². The van der Waals surface area contributed by atoms with Crippen LogP contribution in [0, 0.1) is 13.8 Å². The van der Waals surface area contributed by atoms with Crippen LogP contribution < -0.4 is 0 Å². The fourth-order valence-electron chi connectivity index (χ4n) is 1.90. The number of fused-ring (bicyclic) bond motifs is 1. The molecule has 4 heteroatoms. The zero-order chi connectivity index (χ0) is 11.1. The molecule has 3 aromatic heterocycles. The molecule has 0 spiro atoms. The van der Waals surface area contributed by atoms with Gasteiger partial charge in [-0.05, 0) is 30.9 Å². The van der Waals surface area contributed by atoms with Gasteiger partial charge < -0.3 is 4.98 Å². The van der Waals surface area contributed by atoms with Crippen molar-refractivity contribution in [2.45, 2.75) is 13.8 Å². The van der Waals surface area contributed by atoms with Gasteiger partial charge in [-0.15, -0.1) is 11.3 Å². The molecule has 3 rings (SSSR count). The third kappa shape index (κ3) is 1.34. The molecule has 0 fully saturated rings. The Morgan fingerprint density at radius 3 is 2.88 bits per heavy atom. The van der Waals surface area contributed by atoms with E-state index in [9.17, 15) is 0 Å². The largest absolute Gasteiger partial charge is 0.337 e. The summed E-state index contributed by atoms with van der Waals surface area (Å²) in [5.74, 6) is 0.944. The smallest absolute Gasteiger partial charge is 0.139 e. The molecule has 0 bridgehead atoms. The number of nitrogens with zero attached hydrogens (tertiary/aromatic N) is 2. The maximum atomic E-state index is 4.59. The number of imidazole rings is 1. The molecule has 3 heterocycles. The number of nitrogens with one attached hydrogen (secondary N) is 1. The van der Waals surface area contributed by atoms with Crippen molar-refractivity contribution >= 4 is 22.4 Å². The van der Waals surface area contributed by atoms with Gasteiger partial charge in [-0.3, -0.25) is 4.98 Å². The highest BCUT2D eigenvalue weighted by Crippen LogP contribution is 2.30. The van der Waals surface area contributed by atoms with Crippen LogP contribution in [-0.2, 0) is 0 Å². The van der Waals surface area contributed by atoms with E-state index in [1.165, 1.54) is 16.0 Å². The van der Waals surface area contributed by atoms with Crippen LogP contribution in [0.15, 0.2) is 23.8 Å². The minimum Gasteiger partial charge on any atom is -0.337 e. The number of pyridine rings is 1. The van der Waals surface area contributed by atoms with Crippen molar-refractivity contribution in [1.29, 1.82) is 0 Å². The minimum atomic E-state index is 0.944. The zero-order valence-corrected chi connectivity index (χ0v) is 9.93. The standard InChI is InChI=1S/C12H11N3S/c1-7-6-16-8(2)11(7)12-14-9-3-4-13-5-10(9)15-12/h3-6H,1-2H3,(H,14,15). The number of aromatic amines is 1. The second-order valence-electron chi connectivity index (χ2n) is 3.83. The van der Waals surface area contributed by atoms with Gasteiger partial charge in [-0.25, -0.2) is 4.98 Å². The lowest BCUT2D eigenvalue weighted by molar-refractivity contribution is 1.30. The van der Waals surface area contributed by atoms with E-state index in [0.717, 1.165) is 16.9 Å². The predicted molar refractivity (Wildman–Crippen MR) is 66.7 cm³/mol. The maximum Gasteiger partial charge on any atom is 0.139 e. The van der Waals surface area contributed by atoms with Crippen LogP contribution in [0.25, 0.3) is 22.4 Å². The second kappa shape index (κ2) is 3.42. The minimum absolute atomic E-state index is 0.944. The topological polar surface area (TPSA) is 41.6 Å². The summed E-state index contributed by atoms with van der Waals surface area (Å²) in [4.78, 5) is 13.3. The summed E-state index contributed by atoms with van der Waals surface area (Å²) in [5, 5.41) is 2.16. The lowest BCUT2D eigenvalue weighted by Crippen LogP contribution is -1.82. The molecule has 3 aromatic rings. The Labute approximate surface area is 97.2 Å². The Kier molecular flexibility index (Phi) is 2.04. The van der Waals surface area contributed by atoms with Crippen LogP contribution in [0.5, 0.6) is 0 Å². The van der Waals surface area contributed by atoms with Crippen molar-refractivity contribution in [3.63, 3.8) is 0 Å². The highest BCUT2D eigenvalue weighted by Gasteiger charge is 2.11. The van der Waals surface area contributed by atoms with Crippen LogP contribution in [-0.4, -0.2) is 15.0 Å². The van der Waals surface area contributed by atoms with Crippen molar-refractivity contribution in [2.75, 3.05) is 0 Å². The molecular weight excluding hydrogens is 218 g/mol. The van der Waals surface area contributed by atoms with Gasteiger partial charge in [0.2, 0.25) is 0 Å². The summed E-state index contributed by atoms with van der Waals surface area (Å²) in [7, 11) is 0. The van der Waals surface area contributed by atoms with E-state index in [4.69, 9.17) is 0 Å². The Morgan fingerprint density at radius 1 is 1.31 bits per heavy atom. The highest BCUT2D eigenvalue weighted by atomic mass is 32.1. The van der Waals surface area contributed by atoms with E-state index in [-0.39, 0.29) is 0 Å². The first-order valence-electron chi connectivity index (χ1n) is 5.10. The Hall–Kier alpha value is -1.68. The molecule has 16 heavy (non-hydrogen) atoms. The molecule has 0 unspecified atom stereocenters. The van der Waals surface area contributed by atoms with Gasteiger partial charge in [0.25, 0.3) is 0 Å². The molecule has 0 amide bonds. The van der Waals surface area contributed by atoms with Crippen LogP contribution >= 0.6 is 11.3 Å². The van der Waals surface area contributed by atoms with E-state index in [1.54, 1.807) is 17.5 Å². The lowest BCUT2D eigenvalue weighted by atomic mass is 10.1. The Balaban J connectivity index is 2.27. The quantitative estimate of drug-likeness (QED) is 0.695. The maximum absolute atomic E-state index is 4.59. The molecule has 1 N–H and O–H groups in total. The van der Waals surface area contributed by atoms with Crippen molar-refractivity contribution in [3.8, 4) is 11.4 Å². The average Bonchev–Trinajstić information content (AvgIpc) is 2.82. The number of aromatic nitrogens is 3. The zero-order valence-electron chi connectivity index (χ0n) is 9.11. The van der Waals surface area contributed by atoms with E-state index >= 15 is 0 Å². The summed E-state index contributed by atoms with van der Waals surface area (Å²) < 4.78 is 0. The molecule has 0 saturated carbocycles. The molecule has 0 atom stereocenters. The van der Waals surface area contributed by atoms with Gasteiger partial charge >= 0.3 is 0 Å². The molecule has 3 nitrogen and oxygen atoms in total. The lowest BCUT2D eigenvalue weighted by Gasteiger charge is -1.96. The van der Waals surface area contributed by atoms with E-state index in [2.05, 4.69) is 34.2 Å². The first-order chi connectivity index (χ1) is 7.75. The SMILES string of the molecule is Cc1csc(C)c1-c1nc2ccncc2[nH]1. The first-order valence-corrected chi connectivity index (χ1v) is 5.98. The van der Waals surface area contributed by atoms with Gasteiger partial charge in [0.05, 0.1) is 17.2 Å². The molecule has 0 aliphatic carbocycles. The second-order valence-corrected chi connectivity index (χ2v) is 4.91. The normalized spacial score (nSPS) is 11.1.